The molecule has 1 fully saturated rings. The summed E-state index contributed by atoms with van der Waals surface area (Å²) >= 11 is 0. The van der Waals surface area contributed by atoms with E-state index in [0.29, 0.717) is 25.5 Å². The summed E-state index contributed by atoms with van der Waals surface area (Å²) in [7, 11) is 0. The first-order valence-electron chi connectivity index (χ1n) is 11.9. The SMILES string of the molecule is CCOC(=O)[C@H]1CN(C(=O)OC(C)(C)C)CC[C@@H]1c1cc(OCc2ccccc2)nc(C)c1C. The maximum atomic E-state index is 13.0. The molecule has 0 radical (unpaired) electrons. The number of esters is 1. The molecule has 0 N–H and O–H groups in total. The monoisotopic (exact) mass is 468 g/mol. The number of ether oxygens (including phenoxy) is 3. The van der Waals surface area contributed by atoms with E-state index in [0.717, 1.165) is 22.4 Å². The number of benzene rings is 1. The summed E-state index contributed by atoms with van der Waals surface area (Å²) in [5, 5.41) is 0. The average Bonchev–Trinajstić information content (AvgIpc) is 2.79. The van der Waals surface area contributed by atoms with Crippen molar-refractivity contribution in [2.75, 3.05) is 19.7 Å². The molecule has 0 bridgehead atoms. The second kappa shape index (κ2) is 10.9. The van der Waals surface area contributed by atoms with Crippen LogP contribution in [0.1, 0.15) is 62.4 Å². The Balaban J connectivity index is 1.86. The predicted octanol–water partition coefficient (Wildman–Crippen LogP) is 5.18. The fraction of sp³-hybridized carbons (Fsp3) is 0.519. The summed E-state index contributed by atoms with van der Waals surface area (Å²) in [6.07, 6.45) is 0.209. The molecule has 7 nitrogen and oxygen atoms in total. The first-order chi connectivity index (χ1) is 16.1. The zero-order valence-corrected chi connectivity index (χ0v) is 21.1. The van der Waals surface area contributed by atoms with Gasteiger partial charge < -0.3 is 19.1 Å². The largest absolute Gasteiger partial charge is 0.473 e. The van der Waals surface area contributed by atoms with Gasteiger partial charge in [0.2, 0.25) is 5.88 Å². The number of aromatic nitrogens is 1. The molecule has 1 saturated heterocycles. The number of aryl methyl sites for hydroxylation is 1. The molecule has 0 aliphatic carbocycles. The number of amides is 1. The Hall–Kier alpha value is -3.09. The zero-order chi connectivity index (χ0) is 24.9. The van der Waals surface area contributed by atoms with E-state index in [-0.39, 0.29) is 25.0 Å². The van der Waals surface area contributed by atoms with Crippen LogP contribution in [0.2, 0.25) is 0 Å². The molecule has 34 heavy (non-hydrogen) atoms. The lowest BCUT2D eigenvalue weighted by atomic mass is 9.79. The van der Waals surface area contributed by atoms with Crippen LogP contribution in [0.15, 0.2) is 36.4 Å². The molecular formula is C27H36N2O5. The second-order valence-corrected chi connectivity index (χ2v) is 9.71. The van der Waals surface area contributed by atoms with Gasteiger partial charge >= 0.3 is 12.1 Å². The van der Waals surface area contributed by atoms with Crippen LogP contribution in [0.3, 0.4) is 0 Å². The van der Waals surface area contributed by atoms with E-state index in [1.54, 1.807) is 11.8 Å². The number of hydrogen-bond donors (Lipinski definition) is 0. The highest BCUT2D eigenvalue weighted by atomic mass is 16.6. The Labute approximate surface area is 202 Å². The minimum absolute atomic E-state index is 0.112. The van der Waals surface area contributed by atoms with Gasteiger partial charge in [0.1, 0.15) is 12.2 Å². The van der Waals surface area contributed by atoms with Crippen molar-refractivity contribution in [2.24, 2.45) is 5.92 Å². The van der Waals surface area contributed by atoms with Crippen molar-refractivity contribution >= 4 is 12.1 Å². The molecule has 0 spiro atoms. The van der Waals surface area contributed by atoms with Crippen molar-refractivity contribution in [1.82, 2.24) is 9.88 Å². The molecule has 1 aromatic carbocycles. The Kier molecular flexibility index (Phi) is 8.18. The summed E-state index contributed by atoms with van der Waals surface area (Å²) in [5.41, 5.74) is 3.35. The first-order valence-corrected chi connectivity index (χ1v) is 11.9. The van der Waals surface area contributed by atoms with E-state index in [1.807, 2.05) is 71.0 Å². The van der Waals surface area contributed by atoms with E-state index in [1.165, 1.54) is 0 Å². The van der Waals surface area contributed by atoms with Gasteiger partial charge in [-0.3, -0.25) is 4.79 Å². The Morgan fingerprint density at radius 3 is 2.50 bits per heavy atom. The van der Waals surface area contributed by atoms with Crippen molar-refractivity contribution < 1.29 is 23.8 Å². The van der Waals surface area contributed by atoms with E-state index < -0.39 is 17.6 Å². The predicted molar refractivity (Wildman–Crippen MR) is 130 cm³/mol. The van der Waals surface area contributed by atoms with Crippen LogP contribution >= 0.6 is 0 Å². The van der Waals surface area contributed by atoms with E-state index in [4.69, 9.17) is 14.2 Å². The molecule has 1 aliphatic rings. The Morgan fingerprint density at radius 2 is 1.85 bits per heavy atom. The molecule has 1 aromatic heterocycles. The minimum Gasteiger partial charge on any atom is -0.473 e. The highest BCUT2D eigenvalue weighted by Gasteiger charge is 2.40. The van der Waals surface area contributed by atoms with Crippen molar-refractivity contribution in [2.45, 2.75) is 66.1 Å². The van der Waals surface area contributed by atoms with Gasteiger partial charge in [-0.2, -0.15) is 0 Å². The fourth-order valence-corrected chi connectivity index (χ4v) is 4.23. The lowest BCUT2D eigenvalue weighted by Crippen LogP contribution is -2.48. The fourth-order valence-electron chi connectivity index (χ4n) is 4.23. The Bertz CT molecular complexity index is 1000. The number of rotatable bonds is 6. The molecule has 0 unspecified atom stereocenters. The summed E-state index contributed by atoms with van der Waals surface area (Å²) in [6, 6.07) is 11.9. The van der Waals surface area contributed by atoms with Crippen molar-refractivity contribution in [3.63, 3.8) is 0 Å². The smallest absolute Gasteiger partial charge is 0.410 e. The highest BCUT2D eigenvalue weighted by Crippen LogP contribution is 2.38. The van der Waals surface area contributed by atoms with Gasteiger partial charge in [-0.05, 0) is 64.7 Å². The van der Waals surface area contributed by atoms with Crippen LogP contribution in [0.4, 0.5) is 4.79 Å². The average molecular weight is 469 g/mol. The first kappa shape index (κ1) is 25.5. The molecule has 7 heteroatoms. The van der Waals surface area contributed by atoms with Gasteiger partial charge in [-0.1, -0.05) is 30.3 Å². The molecule has 2 heterocycles. The summed E-state index contributed by atoms with van der Waals surface area (Å²) in [4.78, 5) is 31.9. The van der Waals surface area contributed by atoms with Crippen molar-refractivity contribution in [3.8, 4) is 5.88 Å². The highest BCUT2D eigenvalue weighted by molar-refractivity contribution is 5.76. The molecule has 1 aliphatic heterocycles. The van der Waals surface area contributed by atoms with Crippen LogP contribution in [0.5, 0.6) is 5.88 Å². The number of hydrogen-bond acceptors (Lipinski definition) is 6. The number of likely N-dealkylation sites (tertiary alicyclic amines) is 1. The summed E-state index contributed by atoms with van der Waals surface area (Å²) in [6.45, 7) is 12.7. The zero-order valence-electron chi connectivity index (χ0n) is 21.1. The molecule has 1 amide bonds. The molecule has 0 saturated carbocycles. The van der Waals surface area contributed by atoms with Gasteiger partial charge in [-0.15, -0.1) is 0 Å². The lowest BCUT2D eigenvalue weighted by Gasteiger charge is -2.38. The van der Waals surface area contributed by atoms with Crippen LogP contribution in [-0.2, 0) is 20.9 Å². The van der Waals surface area contributed by atoms with Gasteiger partial charge in [-0.25, -0.2) is 9.78 Å². The molecule has 3 rings (SSSR count). The van der Waals surface area contributed by atoms with Gasteiger partial charge in [0, 0.05) is 30.8 Å². The van der Waals surface area contributed by atoms with E-state index >= 15 is 0 Å². The number of pyridine rings is 1. The topological polar surface area (TPSA) is 78.0 Å². The maximum absolute atomic E-state index is 13.0. The van der Waals surface area contributed by atoms with Crippen molar-refractivity contribution in [3.05, 3.63) is 58.8 Å². The third-order valence-corrected chi connectivity index (χ3v) is 6.02. The Morgan fingerprint density at radius 1 is 1.15 bits per heavy atom. The standard InChI is InChI=1S/C27H36N2O5/c1-7-32-25(30)23-16-29(26(31)34-27(4,5)6)14-13-21(23)22-15-24(28-19(3)18(22)2)33-17-20-11-9-8-10-12-20/h8-12,15,21,23H,7,13-14,16-17H2,1-6H3/t21-,23+/m1/s1. The quantitative estimate of drug-likeness (QED) is 0.544. The van der Waals surface area contributed by atoms with Gasteiger partial charge in [0.25, 0.3) is 0 Å². The van der Waals surface area contributed by atoms with Crippen LogP contribution in [0.25, 0.3) is 0 Å². The second-order valence-electron chi connectivity index (χ2n) is 9.71. The van der Waals surface area contributed by atoms with Crippen molar-refractivity contribution in [1.29, 1.82) is 0 Å². The normalized spacial score (nSPS) is 18.4. The number of piperidine rings is 1. The number of nitrogens with zero attached hydrogens (tertiary/aromatic N) is 2. The minimum atomic E-state index is -0.600. The summed E-state index contributed by atoms with van der Waals surface area (Å²) in [5.74, 6) is -0.386. The van der Waals surface area contributed by atoms with Crippen LogP contribution in [-0.4, -0.2) is 47.2 Å². The third kappa shape index (κ3) is 6.49. The molecule has 184 valence electrons. The number of carbonyl (C=O) groups is 2. The van der Waals surface area contributed by atoms with E-state index in [2.05, 4.69) is 4.98 Å². The third-order valence-electron chi connectivity index (χ3n) is 6.02. The molecular weight excluding hydrogens is 432 g/mol. The molecule has 2 aromatic rings. The van der Waals surface area contributed by atoms with Crippen LogP contribution in [0, 0.1) is 19.8 Å². The van der Waals surface area contributed by atoms with Crippen LogP contribution < -0.4 is 4.74 Å². The van der Waals surface area contributed by atoms with Gasteiger partial charge in [0.15, 0.2) is 0 Å². The molecule has 2 atom stereocenters. The van der Waals surface area contributed by atoms with Gasteiger partial charge in [0.05, 0.1) is 12.5 Å². The lowest BCUT2D eigenvalue weighted by molar-refractivity contribution is -0.150. The van der Waals surface area contributed by atoms with E-state index in [9.17, 15) is 9.59 Å². The maximum Gasteiger partial charge on any atom is 0.410 e. The number of carbonyl (C=O) groups excluding carboxylic acids is 2. The summed E-state index contributed by atoms with van der Waals surface area (Å²) < 4.78 is 17.0.